The fourth-order valence-corrected chi connectivity index (χ4v) is 7.77. The molecule has 0 aromatic heterocycles. The van der Waals surface area contributed by atoms with Crippen LogP contribution in [0.25, 0.3) is 0 Å². The van der Waals surface area contributed by atoms with E-state index in [9.17, 15) is 0 Å². The molecule has 4 atom stereocenters. The molecule has 0 amide bonds. The van der Waals surface area contributed by atoms with Crippen molar-refractivity contribution in [2.24, 2.45) is 5.92 Å². The largest absolute Gasteiger partial charge is 0.462 e. The molecule has 0 N–H and O–H groups in total. The van der Waals surface area contributed by atoms with Crippen LogP contribution in [0.1, 0.15) is 65.2 Å². The van der Waals surface area contributed by atoms with Gasteiger partial charge in [-0.25, -0.2) is 0 Å². The predicted molar refractivity (Wildman–Crippen MR) is 101 cm³/mol. The Labute approximate surface area is 149 Å². The van der Waals surface area contributed by atoms with Crippen molar-refractivity contribution in [3.63, 3.8) is 0 Å². The molecule has 3 nitrogen and oxygen atoms in total. The lowest BCUT2D eigenvalue weighted by molar-refractivity contribution is -0.158. The fourth-order valence-electron chi connectivity index (χ4n) is 4.84. The number of ether oxygens (including phenoxy) is 3. The summed E-state index contributed by atoms with van der Waals surface area (Å²) in [5, 5.41) is 0.118. The van der Waals surface area contributed by atoms with Crippen LogP contribution in [0.4, 0.5) is 0 Å². The third-order valence-corrected chi connectivity index (χ3v) is 9.07. The lowest BCUT2D eigenvalue weighted by Gasteiger charge is -2.49. The summed E-state index contributed by atoms with van der Waals surface area (Å²) in [6, 6.07) is 1.39. The molecule has 0 bridgehead atoms. The molecule has 3 rings (SSSR count). The second kappa shape index (κ2) is 8.57. The highest BCUT2D eigenvalue weighted by Crippen LogP contribution is 2.51. The molecule has 0 spiro atoms. The minimum atomic E-state index is -0.343. The quantitative estimate of drug-likeness (QED) is 0.691. The molecule has 3 aliphatic heterocycles. The molecule has 0 aliphatic carbocycles. The van der Waals surface area contributed by atoms with Crippen molar-refractivity contribution in [2.75, 3.05) is 6.61 Å². The van der Waals surface area contributed by atoms with Gasteiger partial charge >= 0.3 is 0 Å². The maximum atomic E-state index is 6.47. The van der Waals surface area contributed by atoms with Gasteiger partial charge in [-0.15, -0.1) is 0 Å². The van der Waals surface area contributed by atoms with Gasteiger partial charge in [0.05, 0.1) is 23.7 Å². The second-order valence-electron chi connectivity index (χ2n) is 7.87. The summed E-state index contributed by atoms with van der Waals surface area (Å²) in [5.41, 5.74) is 1.12. The van der Waals surface area contributed by atoms with E-state index >= 15 is 0 Å². The SMILES string of the molecule is CCC1CCCOC1C1(C2OC=CC(C)=CO2)CCCCCC[SiH2]1. The van der Waals surface area contributed by atoms with Crippen LogP contribution in [0.5, 0.6) is 0 Å². The van der Waals surface area contributed by atoms with E-state index in [4.69, 9.17) is 14.2 Å². The Morgan fingerprint density at radius 1 is 1.17 bits per heavy atom. The molecule has 0 aromatic carbocycles. The van der Waals surface area contributed by atoms with E-state index in [0.29, 0.717) is 12.0 Å². The van der Waals surface area contributed by atoms with Crippen molar-refractivity contribution in [2.45, 2.75) is 88.7 Å². The first-order valence-electron chi connectivity index (χ1n) is 10.0. The maximum absolute atomic E-state index is 6.47. The van der Waals surface area contributed by atoms with Crippen LogP contribution < -0.4 is 0 Å². The molecular weight excluding hydrogens is 316 g/mol. The van der Waals surface area contributed by atoms with E-state index in [-0.39, 0.29) is 20.8 Å². The van der Waals surface area contributed by atoms with Crippen LogP contribution in [-0.2, 0) is 14.2 Å². The summed E-state index contributed by atoms with van der Waals surface area (Å²) in [6.45, 7) is 5.30. The van der Waals surface area contributed by atoms with E-state index in [1.54, 1.807) is 0 Å². The van der Waals surface area contributed by atoms with E-state index in [1.807, 2.05) is 18.6 Å². The first-order chi connectivity index (χ1) is 11.8. The van der Waals surface area contributed by atoms with Gasteiger partial charge in [0, 0.05) is 16.1 Å². The van der Waals surface area contributed by atoms with Gasteiger partial charge in [-0.1, -0.05) is 45.1 Å². The first-order valence-corrected chi connectivity index (χ1v) is 11.7. The molecular formula is C20H34O3Si. The van der Waals surface area contributed by atoms with Crippen molar-refractivity contribution < 1.29 is 14.2 Å². The Hall–Kier alpha value is -0.743. The van der Waals surface area contributed by atoms with Crippen molar-refractivity contribution in [3.05, 3.63) is 24.2 Å². The normalized spacial score (nSPS) is 39.1. The average Bonchev–Trinajstić information content (AvgIpc) is 2.80. The Kier molecular flexibility index (Phi) is 6.45. The molecule has 0 saturated carbocycles. The number of allylic oxidation sites excluding steroid dienone is 2. The topological polar surface area (TPSA) is 27.7 Å². The zero-order chi connectivity index (χ0) is 16.8. The Bertz CT molecular complexity index is 452. The monoisotopic (exact) mass is 350 g/mol. The molecule has 2 fully saturated rings. The van der Waals surface area contributed by atoms with Crippen molar-refractivity contribution >= 4 is 9.52 Å². The van der Waals surface area contributed by atoms with Crippen LogP contribution in [0.15, 0.2) is 24.2 Å². The van der Waals surface area contributed by atoms with E-state index in [1.165, 1.54) is 57.4 Å². The minimum Gasteiger partial charge on any atom is -0.462 e. The van der Waals surface area contributed by atoms with Crippen LogP contribution >= 0.6 is 0 Å². The smallest absolute Gasteiger partial charge is 0.244 e. The lowest BCUT2D eigenvalue weighted by atomic mass is 9.80. The van der Waals surface area contributed by atoms with Gasteiger partial charge in [0.25, 0.3) is 0 Å². The van der Waals surface area contributed by atoms with Crippen molar-refractivity contribution in [1.82, 2.24) is 0 Å². The van der Waals surface area contributed by atoms with E-state index < -0.39 is 0 Å². The Morgan fingerprint density at radius 3 is 2.92 bits per heavy atom. The summed E-state index contributed by atoms with van der Waals surface area (Å²) in [5.74, 6) is 0.662. The minimum absolute atomic E-state index is 0.118. The van der Waals surface area contributed by atoms with Gasteiger partial charge in [-0.2, -0.15) is 0 Å². The third-order valence-electron chi connectivity index (χ3n) is 6.20. The van der Waals surface area contributed by atoms with Crippen LogP contribution in [0.2, 0.25) is 11.1 Å². The van der Waals surface area contributed by atoms with Gasteiger partial charge in [0.2, 0.25) is 6.29 Å². The fraction of sp³-hybridized carbons (Fsp3) is 0.800. The molecule has 3 aliphatic rings. The molecule has 4 heteroatoms. The number of hydrogen-bond acceptors (Lipinski definition) is 3. The molecule has 24 heavy (non-hydrogen) atoms. The molecule has 0 aromatic rings. The second-order valence-corrected chi connectivity index (χ2v) is 10.4. The van der Waals surface area contributed by atoms with Gasteiger partial charge in [-0.05, 0) is 43.8 Å². The molecule has 3 heterocycles. The first kappa shape index (κ1) is 18.1. The highest BCUT2D eigenvalue weighted by Gasteiger charge is 2.51. The summed E-state index contributed by atoms with van der Waals surface area (Å²) < 4.78 is 18.8. The highest BCUT2D eigenvalue weighted by molar-refractivity contribution is 6.40. The van der Waals surface area contributed by atoms with Gasteiger partial charge in [0.1, 0.15) is 0 Å². The molecule has 4 unspecified atom stereocenters. The molecule has 0 radical (unpaired) electrons. The standard InChI is InChI=1S/C20H34O3Si/c1-3-17-9-8-12-21-18(17)20(11-6-4-5-7-14-24-20)19-22-13-10-16(2)15-23-19/h10,13,15,17-19H,3-9,11-12,14,24H2,1-2H3. The lowest BCUT2D eigenvalue weighted by Crippen LogP contribution is -2.51. The number of rotatable bonds is 3. The van der Waals surface area contributed by atoms with Crippen LogP contribution in [0, 0.1) is 5.92 Å². The zero-order valence-corrected chi connectivity index (χ0v) is 16.9. The van der Waals surface area contributed by atoms with Crippen LogP contribution in [-0.4, -0.2) is 28.5 Å². The third kappa shape index (κ3) is 3.91. The molecule has 136 valence electrons. The average molecular weight is 351 g/mol. The van der Waals surface area contributed by atoms with Crippen molar-refractivity contribution in [3.8, 4) is 0 Å². The summed E-state index contributed by atoms with van der Waals surface area (Å²) >= 11 is 0. The van der Waals surface area contributed by atoms with Crippen molar-refractivity contribution in [1.29, 1.82) is 0 Å². The molecule has 2 saturated heterocycles. The highest BCUT2D eigenvalue weighted by atomic mass is 28.2. The zero-order valence-electron chi connectivity index (χ0n) is 15.5. The number of hydrogen-bond donors (Lipinski definition) is 0. The van der Waals surface area contributed by atoms with Gasteiger partial charge in [-0.3, -0.25) is 0 Å². The summed E-state index contributed by atoms with van der Waals surface area (Å²) in [6.07, 6.45) is 16.3. The maximum Gasteiger partial charge on any atom is 0.244 e. The van der Waals surface area contributed by atoms with Crippen LogP contribution in [0.3, 0.4) is 0 Å². The van der Waals surface area contributed by atoms with Gasteiger partial charge in [0.15, 0.2) is 0 Å². The van der Waals surface area contributed by atoms with E-state index in [2.05, 4.69) is 13.8 Å². The Morgan fingerprint density at radius 2 is 2.04 bits per heavy atom. The Balaban J connectivity index is 1.91. The van der Waals surface area contributed by atoms with Gasteiger partial charge < -0.3 is 14.2 Å². The van der Waals surface area contributed by atoms with E-state index in [0.717, 1.165) is 12.2 Å². The predicted octanol–water partition coefficient (Wildman–Crippen LogP) is 4.69. The summed E-state index contributed by atoms with van der Waals surface area (Å²) in [7, 11) is -0.343. The summed E-state index contributed by atoms with van der Waals surface area (Å²) in [4.78, 5) is 0.